The predicted octanol–water partition coefficient (Wildman–Crippen LogP) is 6.77. The molecule has 0 saturated heterocycles. The monoisotopic (exact) mass is 408 g/mol. The van der Waals surface area contributed by atoms with E-state index in [0.29, 0.717) is 19.6 Å². The Morgan fingerprint density at radius 2 is 1.34 bits per heavy atom. The van der Waals surface area contributed by atoms with Crippen molar-refractivity contribution in [2.45, 2.75) is 111 Å². The van der Waals surface area contributed by atoms with Gasteiger partial charge in [0, 0.05) is 0 Å². The Labute approximate surface area is 178 Å². The first-order chi connectivity index (χ1) is 14.1. The number of unbranched alkanes of at least 4 members (excludes halogenated alkanes) is 10. The highest BCUT2D eigenvalue weighted by molar-refractivity contribution is 5.86. The van der Waals surface area contributed by atoms with Gasteiger partial charge in [0.1, 0.15) is 0 Å². The lowest BCUT2D eigenvalue weighted by molar-refractivity contribution is -0.167. The summed E-state index contributed by atoms with van der Waals surface area (Å²) < 4.78 is 11.1. The average molecular weight is 409 g/mol. The molecule has 0 saturated carbocycles. The van der Waals surface area contributed by atoms with Crippen LogP contribution < -0.4 is 0 Å². The molecule has 0 fully saturated rings. The van der Waals surface area contributed by atoms with Crippen LogP contribution in [-0.2, 0) is 19.1 Å². The van der Waals surface area contributed by atoms with Gasteiger partial charge in [-0.1, -0.05) is 90.2 Å². The maximum atomic E-state index is 12.8. The maximum Gasteiger partial charge on any atom is 0.313 e. The van der Waals surface area contributed by atoms with Crippen LogP contribution in [0.5, 0.6) is 0 Å². The van der Waals surface area contributed by atoms with Gasteiger partial charge in [-0.15, -0.1) is 0 Å². The van der Waals surface area contributed by atoms with Crippen molar-refractivity contribution in [3.8, 4) is 0 Å². The second-order valence-corrected chi connectivity index (χ2v) is 8.70. The van der Waals surface area contributed by atoms with E-state index in [1.807, 2.05) is 19.1 Å². The molecule has 168 valence electrons. The van der Waals surface area contributed by atoms with Crippen LogP contribution in [0.4, 0.5) is 0 Å². The predicted molar refractivity (Wildman–Crippen MR) is 119 cm³/mol. The van der Waals surface area contributed by atoms with Crippen molar-refractivity contribution in [3.05, 3.63) is 12.2 Å². The summed E-state index contributed by atoms with van der Waals surface area (Å²) >= 11 is 0. The number of carbonyl (C=O) groups excluding carboxylic acids is 2. The topological polar surface area (TPSA) is 52.6 Å². The highest BCUT2D eigenvalue weighted by atomic mass is 16.5. The first-order valence-corrected chi connectivity index (χ1v) is 12.1. The molecule has 0 radical (unpaired) electrons. The molecule has 1 aliphatic rings. The highest BCUT2D eigenvalue weighted by Crippen LogP contribution is 2.39. The Morgan fingerprint density at radius 3 is 1.93 bits per heavy atom. The molecule has 0 bridgehead atoms. The molecule has 1 rings (SSSR count). The minimum atomic E-state index is -0.810. The van der Waals surface area contributed by atoms with Crippen molar-refractivity contribution in [2.75, 3.05) is 13.2 Å². The second-order valence-electron chi connectivity index (χ2n) is 8.70. The number of ether oxygens (including phenoxy) is 2. The molecule has 4 nitrogen and oxygen atoms in total. The molecule has 2 atom stereocenters. The standard InChI is InChI=1S/C25H44O4/c1-4-6-8-10-12-16-20-28-23(26)22-18-14-15-19-25(22,3)24(27)29-21-17-13-11-9-7-5-2/h14,18,22H,4-13,15-17,19-21H2,1-3H3. The lowest BCUT2D eigenvalue weighted by atomic mass is 9.70. The van der Waals surface area contributed by atoms with E-state index >= 15 is 0 Å². The zero-order chi connectivity index (χ0) is 21.4. The van der Waals surface area contributed by atoms with Crippen molar-refractivity contribution >= 4 is 11.9 Å². The molecule has 0 amide bonds. The number of carbonyl (C=O) groups is 2. The number of hydrogen-bond donors (Lipinski definition) is 0. The highest BCUT2D eigenvalue weighted by Gasteiger charge is 2.47. The van der Waals surface area contributed by atoms with E-state index < -0.39 is 11.3 Å². The van der Waals surface area contributed by atoms with Crippen LogP contribution in [0.15, 0.2) is 12.2 Å². The third-order valence-electron chi connectivity index (χ3n) is 6.04. The lowest BCUT2D eigenvalue weighted by Gasteiger charge is -2.34. The molecule has 1 aliphatic carbocycles. The van der Waals surface area contributed by atoms with E-state index in [1.54, 1.807) is 0 Å². The minimum absolute atomic E-state index is 0.253. The van der Waals surface area contributed by atoms with Gasteiger partial charge in [0.2, 0.25) is 0 Å². The first kappa shape index (κ1) is 25.7. The van der Waals surface area contributed by atoms with E-state index in [2.05, 4.69) is 13.8 Å². The summed E-state index contributed by atoms with van der Waals surface area (Å²) in [7, 11) is 0. The molecular weight excluding hydrogens is 364 g/mol. The largest absolute Gasteiger partial charge is 0.465 e. The fraction of sp³-hybridized carbons (Fsp3) is 0.840. The zero-order valence-corrected chi connectivity index (χ0v) is 19.2. The minimum Gasteiger partial charge on any atom is -0.465 e. The van der Waals surface area contributed by atoms with Gasteiger partial charge in [0.25, 0.3) is 0 Å². The summed E-state index contributed by atoms with van der Waals surface area (Å²) in [5.74, 6) is -1.07. The molecule has 29 heavy (non-hydrogen) atoms. The van der Waals surface area contributed by atoms with E-state index in [1.165, 1.54) is 51.4 Å². The van der Waals surface area contributed by atoms with E-state index in [9.17, 15) is 9.59 Å². The third-order valence-corrected chi connectivity index (χ3v) is 6.04. The van der Waals surface area contributed by atoms with Crippen LogP contribution in [0.3, 0.4) is 0 Å². The Hall–Kier alpha value is -1.32. The summed E-state index contributed by atoms with van der Waals surface area (Å²) in [6, 6.07) is 0. The number of esters is 2. The van der Waals surface area contributed by atoms with Crippen LogP contribution in [0.2, 0.25) is 0 Å². The average Bonchev–Trinajstić information content (AvgIpc) is 2.72. The molecule has 4 heteroatoms. The van der Waals surface area contributed by atoms with Gasteiger partial charge in [-0.05, 0) is 32.6 Å². The quantitative estimate of drug-likeness (QED) is 0.161. The van der Waals surface area contributed by atoms with Crippen molar-refractivity contribution in [3.63, 3.8) is 0 Å². The molecule has 2 unspecified atom stereocenters. The lowest BCUT2D eigenvalue weighted by Crippen LogP contribution is -2.42. The first-order valence-electron chi connectivity index (χ1n) is 12.1. The van der Waals surface area contributed by atoms with Crippen LogP contribution >= 0.6 is 0 Å². The van der Waals surface area contributed by atoms with Crippen molar-refractivity contribution < 1.29 is 19.1 Å². The van der Waals surface area contributed by atoms with E-state index in [-0.39, 0.29) is 11.9 Å². The molecule has 0 aromatic heterocycles. The fourth-order valence-corrected chi connectivity index (χ4v) is 3.91. The number of allylic oxidation sites excluding steroid dienone is 1. The van der Waals surface area contributed by atoms with Gasteiger partial charge >= 0.3 is 11.9 Å². The van der Waals surface area contributed by atoms with E-state index in [0.717, 1.165) is 32.1 Å². The van der Waals surface area contributed by atoms with Crippen LogP contribution in [0, 0.1) is 11.3 Å². The number of hydrogen-bond acceptors (Lipinski definition) is 4. The van der Waals surface area contributed by atoms with Gasteiger partial charge in [-0.25, -0.2) is 0 Å². The SMILES string of the molecule is CCCCCCCCOC(=O)C1C=CCCC1(C)C(=O)OCCCCCCCC. The molecular formula is C25H44O4. The number of rotatable bonds is 16. The van der Waals surface area contributed by atoms with Gasteiger partial charge in [0.05, 0.1) is 24.5 Å². The Morgan fingerprint density at radius 1 is 0.828 bits per heavy atom. The Kier molecular flexibility index (Phi) is 13.8. The van der Waals surface area contributed by atoms with Crippen LogP contribution in [-0.4, -0.2) is 25.2 Å². The molecule has 0 aliphatic heterocycles. The Balaban J connectivity index is 2.37. The summed E-state index contributed by atoms with van der Waals surface area (Å²) in [6.07, 6.45) is 19.1. The maximum absolute atomic E-state index is 12.8. The second kappa shape index (κ2) is 15.5. The molecule has 0 aromatic rings. The van der Waals surface area contributed by atoms with Gasteiger partial charge in [-0.3, -0.25) is 9.59 Å². The van der Waals surface area contributed by atoms with Gasteiger partial charge in [0.15, 0.2) is 0 Å². The van der Waals surface area contributed by atoms with Crippen LogP contribution in [0.1, 0.15) is 111 Å². The van der Waals surface area contributed by atoms with Crippen molar-refractivity contribution in [2.24, 2.45) is 11.3 Å². The Bertz CT molecular complexity index is 485. The normalized spacial score (nSPS) is 21.1. The van der Waals surface area contributed by atoms with Crippen molar-refractivity contribution in [1.29, 1.82) is 0 Å². The van der Waals surface area contributed by atoms with E-state index in [4.69, 9.17) is 9.47 Å². The third kappa shape index (κ3) is 9.82. The summed E-state index contributed by atoms with van der Waals surface area (Å²) in [4.78, 5) is 25.4. The zero-order valence-electron chi connectivity index (χ0n) is 19.2. The molecule has 0 heterocycles. The van der Waals surface area contributed by atoms with Crippen molar-refractivity contribution in [1.82, 2.24) is 0 Å². The molecule has 0 aromatic carbocycles. The summed E-state index contributed by atoms with van der Waals surface area (Å²) in [5.41, 5.74) is -0.810. The van der Waals surface area contributed by atoms with Gasteiger partial charge in [-0.2, -0.15) is 0 Å². The van der Waals surface area contributed by atoms with Gasteiger partial charge < -0.3 is 9.47 Å². The molecule has 0 spiro atoms. The fourth-order valence-electron chi connectivity index (χ4n) is 3.91. The molecule has 0 N–H and O–H groups in total. The smallest absolute Gasteiger partial charge is 0.313 e. The summed E-state index contributed by atoms with van der Waals surface area (Å²) in [5, 5.41) is 0. The summed E-state index contributed by atoms with van der Waals surface area (Å²) in [6.45, 7) is 7.16. The van der Waals surface area contributed by atoms with Crippen LogP contribution in [0.25, 0.3) is 0 Å².